The molecule has 162 valence electrons. The summed E-state index contributed by atoms with van der Waals surface area (Å²) in [5, 5.41) is 5.51. The molecule has 0 aliphatic carbocycles. The van der Waals surface area contributed by atoms with Crippen molar-refractivity contribution < 1.29 is 22.3 Å². The number of nitrogens with zero attached hydrogens (tertiary/aromatic N) is 1. The molecule has 1 aliphatic heterocycles. The molecular weight excluding hydrogens is 456 g/mol. The molecule has 0 atom stereocenters. The molecule has 2 aromatic rings. The number of benzene rings is 2. The first-order valence-corrected chi connectivity index (χ1v) is 11.2. The first-order valence-electron chi connectivity index (χ1n) is 9.05. The van der Waals surface area contributed by atoms with Crippen LogP contribution in [0.2, 0.25) is 10.0 Å². The summed E-state index contributed by atoms with van der Waals surface area (Å²) >= 11 is 11.9. The van der Waals surface area contributed by atoms with Crippen LogP contribution in [-0.4, -0.2) is 51.5 Å². The number of amides is 1. The number of nitrogens with one attached hydrogen (secondary N) is 2. The van der Waals surface area contributed by atoms with Crippen molar-refractivity contribution in [3.05, 3.63) is 51.8 Å². The molecule has 0 saturated carbocycles. The van der Waals surface area contributed by atoms with Crippen LogP contribution in [0.1, 0.15) is 5.56 Å². The van der Waals surface area contributed by atoms with E-state index in [1.807, 2.05) is 0 Å². The van der Waals surface area contributed by atoms with Crippen molar-refractivity contribution in [2.45, 2.75) is 11.8 Å². The Kier molecular flexibility index (Phi) is 7.20. The van der Waals surface area contributed by atoms with Gasteiger partial charge in [0.05, 0.1) is 29.8 Å². The van der Waals surface area contributed by atoms with Crippen molar-refractivity contribution in [2.75, 3.05) is 43.5 Å². The third-order valence-electron chi connectivity index (χ3n) is 4.51. The molecule has 11 heteroatoms. The predicted molar refractivity (Wildman–Crippen MR) is 114 cm³/mol. The summed E-state index contributed by atoms with van der Waals surface area (Å²) in [6.07, 6.45) is 0. The quantitative estimate of drug-likeness (QED) is 0.667. The maximum atomic E-state index is 13.2. The van der Waals surface area contributed by atoms with Gasteiger partial charge in [-0.25, -0.2) is 12.8 Å². The molecule has 1 aliphatic rings. The highest BCUT2D eigenvalue weighted by molar-refractivity contribution is 7.89. The van der Waals surface area contributed by atoms with Crippen molar-refractivity contribution >= 4 is 50.5 Å². The second-order valence-electron chi connectivity index (χ2n) is 6.64. The Hall–Kier alpha value is -1.91. The van der Waals surface area contributed by atoms with Gasteiger partial charge in [-0.2, -0.15) is 4.31 Å². The average Bonchev–Trinajstić information content (AvgIpc) is 2.70. The number of carbonyl (C=O) groups excluding carboxylic acids is 1. The lowest BCUT2D eigenvalue weighted by Gasteiger charge is -2.26. The van der Waals surface area contributed by atoms with Gasteiger partial charge in [0.1, 0.15) is 10.7 Å². The molecule has 1 fully saturated rings. The largest absolute Gasteiger partial charge is 0.379 e. The van der Waals surface area contributed by atoms with Crippen molar-refractivity contribution in [1.82, 2.24) is 4.31 Å². The molecule has 30 heavy (non-hydrogen) atoms. The normalized spacial score (nSPS) is 15.1. The van der Waals surface area contributed by atoms with E-state index in [1.165, 1.54) is 28.6 Å². The number of carbonyl (C=O) groups is 1. The van der Waals surface area contributed by atoms with E-state index in [1.54, 1.807) is 6.92 Å². The number of anilines is 2. The number of rotatable bonds is 6. The molecular formula is C19H20Cl2FN3O4S. The highest BCUT2D eigenvalue weighted by Crippen LogP contribution is 2.31. The third kappa shape index (κ3) is 5.22. The van der Waals surface area contributed by atoms with Gasteiger partial charge in [-0.1, -0.05) is 23.2 Å². The molecule has 0 aromatic heterocycles. The number of aryl methyl sites for hydroxylation is 1. The third-order valence-corrected chi connectivity index (χ3v) is 7.16. The molecule has 7 nitrogen and oxygen atoms in total. The van der Waals surface area contributed by atoms with Crippen LogP contribution in [0.3, 0.4) is 0 Å². The number of morpholine rings is 1. The average molecular weight is 476 g/mol. The lowest BCUT2D eigenvalue weighted by Crippen LogP contribution is -2.40. The Morgan fingerprint density at radius 1 is 1.17 bits per heavy atom. The van der Waals surface area contributed by atoms with Gasteiger partial charge in [0.2, 0.25) is 15.9 Å². The van der Waals surface area contributed by atoms with E-state index in [0.29, 0.717) is 30.2 Å². The van der Waals surface area contributed by atoms with Crippen LogP contribution < -0.4 is 10.6 Å². The second kappa shape index (κ2) is 9.49. The fourth-order valence-electron chi connectivity index (χ4n) is 2.92. The van der Waals surface area contributed by atoms with Crippen LogP contribution >= 0.6 is 23.2 Å². The Morgan fingerprint density at radius 3 is 2.53 bits per heavy atom. The minimum atomic E-state index is -3.80. The van der Waals surface area contributed by atoms with E-state index >= 15 is 0 Å². The van der Waals surface area contributed by atoms with E-state index in [4.69, 9.17) is 27.9 Å². The SMILES string of the molecule is Cc1cc(Cl)c(S(=O)(=O)N2CCOCC2)cc1NCC(=O)Nc1ccc(F)c(Cl)c1. The van der Waals surface area contributed by atoms with Crippen LogP contribution in [-0.2, 0) is 19.6 Å². The van der Waals surface area contributed by atoms with Crippen LogP contribution in [0.5, 0.6) is 0 Å². The highest BCUT2D eigenvalue weighted by atomic mass is 35.5. The van der Waals surface area contributed by atoms with Crippen LogP contribution in [0.4, 0.5) is 15.8 Å². The molecule has 3 rings (SSSR count). The van der Waals surface area contributed by atoms with Gasteiger partial charge in [0.15, 0.2) is 0 Å². The monoisotopic (exact) mass is 475 g/mol. The van der Waals surface area contributed by atoms with Gasteiger partial charge < -0.3 is 15.4 Å². The summed E-state index contributed by atoms with van der Waals surface area (Å²) in [7, 11) is -3.80. The topological polar surface area (TPSA) is 87.7 Å². The van der Waals surface area contributed by atoms with Crippen molar-refractivity contribution in [2.24, 2.45) is 0 Å². The highest BCUT2D eigenvalue weighted by Gasteiger charge is 2.29. The van der Waals surface area contributed by atoms with Crippen molar-refractivity contribution in [3.8, 4) is 0 Å². The lowest BCUT2D eigenvalue weighted by atomic mass is 10.2. The Balaban J connectivity index is 1.73. The molecule has 1 heterocycles. The Morgan fingerprint density at radius 2 is 1.87 bits per heavy atom. The van der Waals surface area contributed by atoms with Gasteiger partial charge in [0, 0.05) is 24.5 Å². The molecule has 1 amide bonds. The van der Waals surface area contributed by atoms with E-state index in [9.17, 15) is 17.6 Å². The molecule has 2 aromatic carbocycles. The first-order chi connectivity index (χ1) is 14.2. The maximum absolute atomic E-state index is 13.2. The standard InChI is InChI=1S/C19H20Cl2FN3O4S/c1-12-8-15(21)18(30(27,28)25-4-6-29-7-5-25)10-17(12)23-11-19(26)24-13-2-3-16(22)14(20)9-13/h2-3,8-10,23H,4-7,11H2,1H3,(H,24,26). The van der Waals surface area contributed by atoms with Crippen molar-refractivity contribution in [3.63, 3.8) is 0 Å². The second-order valence-corrected chi connectivity index (χ2v) is 9.37. The zero-order valence-corrected chi connectivity index (χ0v) is 18.4. The van der Waals surface area contributed by atoms with Gasteiger partial charge in [-0.15, -0.1) is 0 Å². The van der Waals surface area contributed by atoms with E-state index in [-0.39, 0.29) is 34.6 Å². The maximum Gasteiger partial charge on any atom is 0.244 e. The molecule has 2 N–H and O–H groups in total. The Bertz CT molecular complexity index is 1060. The number of hydrogen-bond donors (Lipinski definition) is 2. The lowest BCUT2D eigenvalue weighted by molar-refractivity contribution is -0.114. The van der Waals surface area contributed by atoms with E-state index in [0.717, 1.165) is 6.07 Å². The number of halogens is 3. The number of hydrogen-bond acceptors (Lipinski definition) is 5. The minimum Gasteiger partial charge on any atom is -0.379 e. The first kappa shape index (κ1) is 22.8. The van der Waals surface area contributed by atoms with Gasteiger partial charge >= 0.3 is 0 Å². The summed E-state index contributed by atoms with van der Waals surface area (Å²) in [5.74, 6) is -0.997. The fraction of sp³-hybridized carbons (Fsp3) is 0.316. The van der Waals surface area contributed by atoms with Gasteiger partial charge in [-0.3, -0.25) is 4.79 Å². The Labute approximate surface area is 184 Å². The summed E-state index contributed by atoms with van der Waals surface area (Å²) in [4.78, 5) is 12.2. The van der Waals surface area contributed by atoms with Crippen LogP contribution in [0, 0.1) is 12.7 Å². The van der Waals surface area contributed by atoms with Crippen LogP contribution in [0.25, 0.3) is 0 Å². The molecule has 0 radical (unpaired) electrons. The van der Waals surface area contributed by atoms with Gasteiger partial charge in [-0.05, 0) is 42.8 Å². The fourth-order valence-corrected chi connectivity index (χ4v) is 5.09. The summed E-state index contributed by atoms with van der Waals surface area (Å²) in [6.45, 7) is 2.74. The van der Waals surface area contributed by atoms with E-state index in [2.05, 4.69) is 10.6 Å². The summed E-state index contributed by atoms with van der Waals surface area (Å²) in [6, 6.07) is 6.80. The molecule has 1 saturated heterocycles. The van der Waals surface area contributed by atoms with Gasteiger partial charge in [0.25, 0.3) is 0 Å². The van der Waals surface area contributed by atoms with Crippen LogP contribution in [0.15, 0.2) is 35.2 Å². The zero-order valence-electron chi connectivity index (χ0n) is 16.0. The smallest absolute Gasteiger partial charge is 0.244 e. The molecule has 0 bridgehead atoms. The number of ether oxygens (including phenoxy) is 1. The zero-order chi connectivity index (χ0) is 21.9. The van der Waals surface area contributed by atoms with E-state index < -0.39 is 21.7 Å². The minimum absolute atomic E-state index is 0.0371. The predicted octanol–water partition coefficient (Wildman–Crippen LogP) is 3.51. The molecule has 0 unspecified atom stereocenters. The summed E-state index contributed by atoms with van der Waals surface area (Å²) < 4.78 is 45.6. The van der Waals surface area contributed by atoms with Crippen molar-refractivity contribution in [1.29, 1.82) is 0 Å². The summed E-state index contributed by atoms with van der Waals surface area (Å²) in [5.41, 5.74) is 1.48. The number of sulfonamides is 1. The molecule has 0 spiro atoms.